The highest BCUT2D eigenvalue weighted by Crippen LogP contribution is 2.38. The lowest BCUT2D eigenvalue weighted by Gasteiger charge is -2.21. The Balaban J connectivity index is 1.40. The highest BCUT2D eigenvalue weighted by molar-refractivity contribution is 7.99. The Hall–Kier alpha value is -2.02. The molecule has 1 saturated heterocycles. The van der Waals surface area contributed by atoms with Gasteiger partial charge in [-0.05, 0) is 44.7 Å². The fraction of sp³-hybridized carbons (Fsp3) is 0.500. The summed E-state index contributed by atoms with van der Waals surface area (Å²) < 4.78 is 2.16. The summed E-state index contributed by atoms with van der Waals surface area (Å²) in [7, 11) is 0. The van der Waals surface area contributed by atoms with Gasteiger partial charge in [0.1, 0.15) is 5.82 Å². The van der Waals surface area contributed by atoms with Crippen LogP contribution >= 0.6 is 11.8 Å². The molecule has 25 heavy (non-hydrogen) atoms. The van der Waals surface area contributed by atoms with E-state index in [2.05, 4.69) is 31.0 Å². The monoisotopic (exact) mass is 357 g/mol. The zero-order chi connectivity index (χ0) is 17.2. The van der Waals surface area contributed by atoms with Crippen molar-refractivity contribution in [2.45, 2.75) is 43.8 Å². The molecule has 132 valence electrons. The van der Waals surface area contributed by atoms with Crippen molar-refractivity contribution < 1.29 is 4.79 Å². The Morgan fingerprint density at radius 3 is 2.76 bits per heavy atom. The number of rotatable bonds is 6. The van der Waals surface area contributed by atoms with Crippen molar-refractivity contribution in [1.29, 1.82) is 0 Å². The summed E-state index contributed by atoms with van der Waals surface area (Å²) >= 11 is 1.47. The minimum atomic E-state index is -0.000327. The van der Waals surface area contributed by atoms with Crippen molar-refractivity contribution in [3.63, 3.8) is 0 Å². The van der Waals surface area contributed by atoms with E-state index < -0.39 is 0 Å². The van der Waals surface area contributed by atoms with Crippen molar-refractivity contribution in [2.24, 2.45) is 0 Å². The largest absolute Gasteiger partial charge is 0.370 e. The van der Waals surface area contributed by atoms with Crippen LogP contribution in [0.3, 0.4) is 0 Å². The van der Waals surface area contributed by atoms with Crippen molar-refractivity contribution in [2.75, 3.05) is 29.1 Å². The van der Waals surface area contributed by atoms with Crippen LogP contribution in [-0.4, -0.2) is 39.5 Å². The van der Waals surface area contributed by atoms with Crippen LogP contribution in [0.2, 0.25) is 0 Å². The van der Waals surface area contributed by atoms with E-state index in [1.807, 2.05) is 25.1 Å². The average Bonchev–Trinajstić information content (AvgIpc) is 3.16. The average molecular weight is 357 g/mol. The molecule has 1 aliphatic heterocycles. The van der Waals surface area contributed by atoms with E-state index in [0.29, 0.717) is 11.8 Å². The van der Waals surface area contributed by atoms with Gasteiger partial charge in [-0.2, -0.15) is 0 Å². The summed E-state index contributed by atoms with van der Waals surface area (Å²) in [4.78, 5) is 14.8. The molecule has 1 aliphatic carbocycles. The van der Waals surface area contributed by atoms with Crippen LogP contribution < -0.4 is 10.2 Å². The summed E-state index contributed by atoms with van der Waals surface area (Å²) in [5.74, 6) is 1.28. The zero-order valence-corrected chi connectivity index (χ0v) is 15.3. The predicted octanol–water partition coefficient (Wildman–Crippen LogP) is 3.25. The van der Waals surface area contributed by atoms with Gasteiger partial charge < -0.3 is 14.8 Å². The first-order valence-corrected chi connectivity index (χ1v) is 9.89. The molecule has 0 radical (unpaired) electrons. The zero-order valence-electron chi connectivity index (χ0n) is 14.4. The number of amides is 1. The Bertz CT molecular complexity index is 765. The molecule has 1 N–H and O–H groups in total. The Morgan fingerprint density at radius 1 is 1.24 bits per heavy atom. The number of thioether (sulfide) groups is 1. The lowest BCUT2D eigenvalue weighted by Crippen LogP contribution is -2.21. The fourth-order valence-electron chi connectivity index (χ4n) is 3.33. The second-order valence-corrected chi connectivity index (χ2v) is 7.62. The topological polar surface area (TPSA) is 63.1 Å². The number of hydrogen-bond donors (Lipinski definition) is 1. The first-order valence-electron chi connectivity index (χ1n) is 8.90. The number of carbonyl (C=O) groups is 1. The smallest absolute Gasteiger partial charge is 0.234 e. The normalized spacial score (nSPS) is 17.1. The molecule has 0 atom stereocenters. The molecule has 1 aromatic carbocycles. The van der Waals surface area contributed by atoms with Crippen LogP contribution in [0.4, 0.5) is 11.4 Å². The van der Waals surface area contributed by atoms with Crippen LogP contribution in [0.15, 0.2) is 29.4 Å². The van der Waals surface area contributed by atoms with E-state index in [1.165, 1.54) is 37.4 Å². The number of para-hydroxylation sites is 2. The molecule has 0 spiro atoms. The molecule has 2 aliphatic rings. The van der Waals surface area contributed by atoms with Crippen LogP contribution in [0.5, 0.6) is 0 Å². The Morgan fingerprint density at radius 2 is 2.00 bits per heavy atom. The molecule has 1 aromatic heterocycles. The quantitative estimate of drug-likeness (QED) is 0.804. The minimum Gasteiger partial charge on any atom is -0.370 e. The molecule has 1 saturated carbocycles. The summed E-state index contributed by atoms with van der Waals surface area (Å²) in [6.45, 7) is 4.10. The van der Waals surface area contributed by atoms with Gasteiger partial charge in [-0.25, -0.2) is 0 Å². The summed E-state index contributed by atoms with van der Waals surface area (Å²) in [6.07, 6.45) is 4.80. The third-order valence-electron chi connectivity index (χ3n) is 4.70. The summed E-state index contributed by atoms with van der Waals surface area (Å²) in [6, 6.07) is 8.58. The third kappa shape index (κ3) is 3.66. The number of anilines is 2. The van der Waals surface area contributed by atoms with E-state index in [1.54, 1.807) is 0 Å². The molecular formula is C18H23N5OS. The molecule has 2 heterocycles. The van der Waals surface area contributed by atoms with E-state index >= 15 is 0 Å². The third-order valence-corrected chi connectivity index (χ3v) is 5.65. The van der Waals surface area contributed by atoms with Crippen LogP contribution in [0.1, 0.15) is 37.5 Å². The number of benzene rings is 1. The van der Waals surface area contributed by atoms with Crippen molar-refractivity contribution in [3.05, 3.63) is 30.1 Å². The molecule has 4 rings (SSSR count). The predicted molar refractivity (Wildman–Crippen MR) is 100 cm³/mol. The maximum absolute atomic E-state index is 12.4. The molecular weight excluding hydrogens is 334 g/mol. The number of hydrogen-bond acceptors (Lipinski definition) is 5. The number of aromatic nitrogens is 3. The van der Waals surface area contributed by atoms with Gasteiger partial charge in [0.2, 0.25) is 5.91 Å². The number of nitrogens with zero attached hydrogens (tertiary/aromatic N) is 4. The molecule has 0 unspecified atom stereocenters. The van der Waals surface area contributed by atoms with E-state index in [-0.39, 0.29) is 5.91 Å². The highest BCUT2D eigenvalue weighted by Gasteiger charge is 2.28. The van der Waals surface area contributed by atoms with Crippen LogP contribution in [0.25, 0.3) is 0 Å². The molecule has 1 amide bonds. The second kappa shape index (κ2) is 7.07. The summed E-state index contributed by atoms with van der Waals surface area (Å²) in [5.41, 5.74) is 2.02. The standard InChI is InChI=1S/C18H23N5OS/c1-13-20-21-18(23(13)14-8-9-14)25-12-17(24)19-15-6-2-3-7-16(15)22-10-4-5-11-22/h2-3,6-7,14H,4-5,8-12H2,1H3,(H,19,24). The maximum atomic E-state index is 12.4. The van der Waals surface area contributed by atoms with Crippen molar-refractivity contribution in [3.8, 4) is 0 Å². The van der Waals surface area contributed by atoms with Gasteiger partial charge in [0.25, 0.3) is 0 Å². The fourth-order valence-corrected chi connectivity index (χ4v) is 4.18. The molecule has 7 heteroatoms. The molecule has 2 aromatic rings. The lowest BCUT2D eigenvalue weighted by molar-refractivity contribution is -0.113. The first kappa shape index (κ1) is 16.4. The van der Waals surface area contributed by atoms with E-state index in [9.17, 15) is 4.79 Å². The van der Waals surface area contributed by atoms with Gasteiger partial charge in [0.05, 0.1) is 17.1 Å². The van der Waals surface area contributed by atoms with E-state index in [0.717, 1.165) is 35.4 Å². The Labute approximate surface area is 152 Å². The molecule has 2 fully saturated rings. The highest BCUT2D eigenvalue weighted by atomic mass is 32.2. The number of nitrogens with one attached hydrogen (secondary N) is 1. The van der Waals surface area contributed by atoms with Gasteiger partial charge in [-0.3, -0.25) is 4.79 Å². The van der Waals surface area contributed by atoms with Gasteiger partial charge in [-0.15, -0.1) is 10.2 Å². The van der Waals surface area contributed by atoms with Crippen LogP contribution in [-0.2, 0) is 4.79 Å². The minimum absolute atomic E-state index is 0.000327. The number of aryl methyl sites for hydroxylation is 1. The Kier molecular flexibility index (Phi) is 4.65. The number of carbonyl (C=O) groups excluding carboxylic acids is 1. The van der Waals surface area contributed by atoms with E-state index in [4.69, 9.17) is 0 Å². The van der Waals surface area contributed by atoms with Crippen LogP contribution in [0, 0.1) is 6.92 Å². The SMILES string of the molecule is Cc1nnc(SCC(=O)Nc2ccccc2N2CCCC2)n1C1CC1. The second-order valence-electron chi connectivity index (χ2n) is 6.68. The van der Waals surface area contributed by atoms with Crippen molar-refractivity contribution in [1.82, 2.24) is 14.8 Å². The van der Waals surface area contributed by atoms with Crippen molar-refractivity contribution >= 4 is 29.0 Å². The molecule has 6 nitrogen and oxygen atoms in total. The van der Waals surface area contributed by atoms with Gasteiger partial charge in [-0.1, -0.05) is 23.9 Å². The van der Waals surface area contributed by atoms with Gasteiger partial charge in [0.15, 0.2) is 5.16 Å². The van der Waals surface area contributed by atoms with Gasteiger partial charge in [0, 0.05) is 19.1 Å². The molecule has 0 bridgehead atoms. The lowest BCUT2D eigenvalue weighted by atomic mass is 10.2. The van der Waals surface area contributed by atoms with Gasteiger partial charge >= 0.3 is 0 Å². The first-order chi connectivity index (χ1) is 12.2. The maximum Gasteiger partial charge on any atom is 0.234 e. The summed E-state index contributed by atoms with van der Waals surface area (Å²) in [5, 5.41) is 12.3.